The molecule has 0 amide bonds. The number of nitrogens with one attached hydrogen (secondary N) is 1. The lowest BCUT2D eigenvalue weighted by Gasteiger charge is -2.09. The fourth-order valence-electron chi connectivity index (χ4n) is 4.55. The number of fused-ring (bicyclic) bond motifs is 4. The second kappa shape index (κ2) is 6.65. The molecule has 8 nitrogen and oxygen atoms in total. The third-order valence-corrected chi connectivity index (χ3v) is 5.99. The van der Waals surface area contributed by atoms with Gasteiger partial charge < -0.3 is 14.2 Å². The first kappa shape index (κ1) is 18.6. The Hall–Kier alpha value is -4.20. The lowest BCUT2D eigenvalue weighted by atomic mass is 10.00. The van der Waals surface area contributed by atoms with Gasteiger partial charge in [0.2, 0.25) is 0 Å². The zero-order valence-corrected chi connectivity index (χ0v) is 18.1. The largest absolute Gasteiger partial charge is 0.496 e. The average Bonchev–Trinajstić information content (AvgIpc) is 3.45. The Morgan fingerprint density at radius 1 is 1.03 bits per heavy atom. The summed E-state index contributed by atoms with van der Waals surface area (Å²) in [5, 5.41) is 11.8. The molecule has 0 atom stereocenters. The number of ether oxygens (including phenoxy) is 1. The molecule has 0 unspecified atom stereocenters. The van der Waals surface area contributed by atoms with Crippen molar-refractivity contribution in [3.05, 3.63) is 54.2 Å². The molecule has 0 radical (unpaired) electrons. The zero-order chi connectivity index (χ0) is 22.0. The second-order valence-electron chi connectivity index (χ2n) is 7.86. The minimum Gasteiger partial charge on any atom is -0.496 e. The van der Waals surface area contributed by atoms with Crippen molar-refractivity contribution in [2.45, 2.75) is 13.8 Å². The van der Waals surface area contributed by atoms with E-state index in [1.807, 2.05) is 43.8 Å². The van der Waals surface area contributed by atoms with Crippen LogP contribution in [0.3, 0.4) is 0 Å². The molecule has 158 valence electrons. The highest BCUT2D eigenvalue weighted by Gasteiger charge is 2.22. The number of para-hydroxylation sites is 1. The highest BCUT2D eigenvalue weighted by Crippen LogP contribution is 2.41. The number of aromatic amines is 1. The summed E-state index contributed by atoms with van der Waals surface area (Å²) in [4.78, 5) is 12.6. The maximum atomic E-state index is 5.78. The SMILES string of the molecule is COc1cc2c(cc1-c1c(C)noc1C)[nH]c1ncnc(-c3nn(C)c4ccccc34)c12. The van der Waals surface area contributed by atoms with Crippen LogP contribution in [-0.2, 0) is 7.05 Å². The molecule has 1 N–H and O–H groups in total. The Kier molecular flexibility index (Phi) is 3.86. The van der Waals surface area contributed by atoms with Crippen LogP contribution in [0.4, 0.5) is 0 Å². The van der Waals surface area contributed by atoms with Gasteiger partial charge in [0, 0.05) is 28.9 Å². The van der Waals surface area contributed by atoms with E-state index in [0.717, 1.165) is 72.6 Å². The normalized spacial score (nSPS) is 11.8. The van der Waals surface area contributed by atoms with Crippen LogP contribution in [0.15, 0.2) is 47.2 Å². The number of methoxy groups -OCH3 is 1. The molecule has 8 heteroatoms. The number of hydrogen-bond donors (Lipinski definition) is 1. The number of benzene rings is 2. The van der Waals surface area contributed by atoms with E-state index in [1.165, 1.54) is 0 Å². The summed E-state index contributed by atoms with van der Waals surface area (Å²) in [5.74, 6) is 1.48. The Morgan fingerprint density at radius 2 is 1.88 bits per heavy atom. The second-order valence-corrected chi connectivity index (χ2v) is 7.86. The van der Waals surface area contributed by atoms with Crippen molar-refractivity contribution in [3.63, 3.8) is 0 Å². The third-order valence-electron chi connectivity index (χ3n) is 5.99. The zero-order valence-electron chi connectivity index (χ0n) is 18.1. The molecule has 6 rings (SSSR count). The van der Waals surface area contributed by atoms with E-state index in [9.17, 15) is 0 Å². The Balaban J connectivity index is 1.69. The van der Waals surface area contributed by atoms with Gasteiger partial charge in [0.15, 0.2) is 0 Å². The Bertz CT molecular complexity index is 1640. The predicted molar refractivity (Wildman–Crippen MR) is 123 cm³/mol. The van der Waals surface area contributed by atoms with E-state index in [4.69, 9.17) is 14.4 Å². The molecule has 4 heterocycles. The van der Waals surface area contributed by atoms with Crippen LogP contribution >= 0.6 is 0 Å². The van der Waals surface area contributed by atoms with Crippen molar-refractivity contribution in [2.24, 2.45) is 7.05 Å². The lowest BCUT2D eigenvalue weighted by Crippen LogP contribution is -1.92. The van der Waals surface area contributed by atoms with Gasteiger partial charge in [-0.2, -0.15) is 5.10 Å². The first-order valence-electron chi connectivity index (χ1n) is 10.3. The van der Waals surface area contributed by atoms with E-state index in [2.05, 4.69) is 38.3 Å². The molecule has 2 aromatic carbocycles. The monoisotopic (exact) mass is 424 g/mol. The van der Waals surface area contributed by atoms with Crippen LogP contribution in [0.5, 0.6) is 5.75 Å². The topological polar surface area (TPSA) is 94.7 Å². The fraction of sp³-hybridized carbons (Fsp3) is 0.167. The molecule has 0 bridgehead atoms. The van der Waals surface area contributed by atoms with Crippen LogP contribution in [0.2, 0.25) is 0 Å². The predicted octanol–water partition coefficient (Wildman–Crippen LogP) is 4.95. The Morgan fingerprint density at radius 3 is 2.66 bits per heavy atom. The summed E-state index contributed by atoms with van der Waals surface area (Å²) in [6.07, 6.45) is 1.57. The van der Waals surface area contributed by atoms with Gasteiger partial charge in [-0.15, -0.1) is 0 Å². The molecule has 0 spiro atoms. The molecular weight excluding hydrogens is 404 g/mol. The molecule has 0 aliphatic carbocycles. The minimum atomic E-state index is 0.730. The summed E-state index contributed by atoms with van der Waals surface area (Å²) < 4.78 is 13.1. The maximum absolute atomic E-state index is 5.78. The van der Waals surface area contributed by atoms with E-state index < -0.39 is 0 Å². The summed E-state index contributed by atoms with van der Waals surface area (Å²) in [6, 6.07) is 12.2. The van der Waals surface area contributed by atoms with Crippen LogP contribution in [0.25, 0.3) is 55.4 Å². The van der Waals surface area contributed by atoms with Crippen LogP contribution in [-0.4, -0.2) is 37.0 Å². The van der Waals surface area contributed by atoms with Crippen molar-refractivity contribution in [3.8, 4) is 28.3 Å². The van der Waals surface area contributed by atoms with Gasteiger partial charge in [-0.05, 0) is 32.0 Å². The van der Waals surface area contributed by atoms with Gasteiger partial charge in [-0.3, -0.25) is 4.68 Å². The number of aromatic nitrogens is 6. The van der Waals surface area contributed by atoms with Gasteiger partial charge in [-0.1, -0.05) is 23.4 Å². The molecule has 0 saturated heterocycles. The van der Waals surface area contributed by atoms with E-state index in [-0.39, 0.29) is 0 Å². The van der Waals surface area contributed by atoms with E-state index in [1.54, 1.807) is 13.4 Å². The fourth-order valence-corrected chi connectivity index (χ4v) is 4.55. The highest BCUT2D eigenvalue weighted by molar-refractivity contribution is 6.15. The first-order chi connectivity index (χ1) is 15.6. The Labute approximate surface area is 182 Å². The standard InChI is InChI=1S/C24H20N6O2/c1-12-20(13(2)32-29-12)16-9-17-15(10-19(16)31-4)21-23(25-11-26-24(21)27-17)22-14-7-5-6-8-18(14)30(3)28-22/h5-11H,1-4H3,(H,25,26,27). The van der Waals surface area contributed by atoms with Crippen molar-refractivity contribution < 1.29 is 9.26 Å². The highest BCUT2D eigenvalue weighted by atomic mass is 16.5. The van der Waals surface area contributed by atoms with Gasteiger partial charge >= 0.3 is 0 Å². The molecule has 32 heavy (non-hydrogen) atoms. The van der Waals surface area contributed by atoms with Crippen LogP contribution in [0, 0.1) is 13.8 Å². The smallest absolute Gasteiger partial charge is 0.142 e. The summed E-state index contributed by atoms with van der Waals surface area (Å²) in [6.45, 7) is 3.83. The minimum absolute atomic E-state index is 0.730. The lowest BCUT2D eigenvalue weighted by molar-refractivity contribution is 0.393. The van der Waals surface area contributed by atoms with Crippen LogP contribution < -0.4 is 4.74 Å². The number of H-pyrrole nitrogens is 1. The molecular formula is C24H20N6O2. The van der Waals surface area contributed by atoms with E-state index >= 15 is 0 Å². The maximum Gasteiger partial charge on any atom is 0.142 e. The van der Waals surface area contributed by atoms with Crippen molar-refractivity contribution in [1.82, 2.24) is 29.9 Å². The summed E-state index contributed by atoms with van der Waals surface area (Å²) in [7, 11) is 3.61. The van der Waals surface area contributed by atoms with Gasteiger partial charge in [0.25, 0.3) is 0 Å². The molecule has 0 fully saturated rings. The number of nitrogens with zero attached hydrogens (tertiary/aromatic N) is 5. The molecule has 0 aliphatic rings. The van der Waals surface area contributed by atoms with E-state index in [0.29, 0.717) is 0 Å². The van der Waals surface area contributed by atoms with Gasteiger partial charge in [-0.25, -0.2) is 9.97 Å². The molecule has 4 aromatic heterocycles. The van der Waals surface area contributed by atoms with Crippen LogP contribution in [0.1, 0.15) is 11.5 Å². The summed E-state index contributed by atoms with van der Waals surface area (Å²) in [5.41, 5.74) is 7.00. The number of hydrogen-bond acceptors (Lipinski definition) is 6. The van der Waals surface area contributed by atoms with Crippen molar-refractivity contribution >= 4 is 32.8 Å². The molecule has 0 aliphatic heterocycles. The van der Waals surface area contributed by atoms with Crippen molar-refractivity contribution in [1.29, 1.82) is 0 Å². The third kappa shape index (κ3) is 2.49. The quantitative estimate of drug-likeness (QED) is 0.432. The average molecular weight is 424 g/mol. The summed E-state index contributed by atoms with van der Waals surface area (Å²) >= 11 is 0. The van der Waals surface area contributed by atoms with Crippen molar-refractivity contribution in [2.75, 3.05) is 7.11 Å². The number of rotatable bonds is 3. The molecule has 6 aromatic rings. The first-order valence-corrected chi connectivity index (χ1v) is 10.3. The number of aryl methyl sites for hydroxylation is 3. The van der Waals surface area contributed by atoms with Gasteiger partial charge in [0.1, 0.15) is 34.9 Å². The molecule has 0 saturated carbocycles. The van der Waals surface area contributed by atoms with Gasteiger partial charge in [0.05, 0.1) is 29.3 Å².